The number of hydrogen-bond acceptors (Lipinski definition) is 4. The minimum absolute atomic E-state index is 0.0302. The zero-order valence-electron chi connectivity index (χ0n) is 20.7. The molecule has 0 fully saturated rings. The van der Waals surface area contributed by atoms with Gasteiger partial charge in [0.25, 0.3) is 0 Å². The molecule has 0 aliphatic heterocycles. The van der Waals surface area contributed by atoms with Crippen molar-refractivity contribution in [2.45, 2.75) is 87.1 Å². The van der Waals surface area contributed by atoms with Crippen LogP contribution in [-0.4, -0.2) is 26.2 Å². The van der Waals surface area contributed by atoms with Crippen molar-refractivity contribution in [1.82, 2.24) is 4.98 Å². The highest BCUT2D eigenvalue weighted by molar-refractivity contribution is 6.48. The van der Waals surface area contributed by atoms with Gasteiger partial charge in [0.2, 0.25) is 14.9 Å². The number of hydrogen-bond donors (Lipinski definition) is 1. The highest BCUT2D eigenvalue weighted by Gasteiger charge is 2.33. The molecule has 31 heavy (non-hydrogen) atoms. The number of nitrogens with zero attached hydrogens (tertiary/aromatic N) is 1. The molecule has 2 atom stereocenters. The SMILES string of the molecule is CCC(Nc1cc(C)nc(Oc2c(C)cc(Cl)cc2C)c1C)C(O[Si](C)C)C(C)(C)C. The summed E-state index contributed by atoms with van der Waals surface area (Å²) in [7, 11) is -0.829. The zero-order valence-corrected chi connectivity index (χ0v) is 22.5. The van der Waals surface area contributed by atoms with Crippen LogP contribution in [0.1, 0.15) is 56.5 Å². The van der Waals surface area contributed by atoms with E-state index in [2.05, 4.69) is 64.1 Å². The van der Waals surface area contributed by atoms with Crippen LogP contribution in [0.3, 0.4) is 0 Å². The maximum absolute atomic E-state index is 6.46. The van der Waals surface area contributed by atoms with E-state index in [-0.39, 0.29) is 17.6 Å². The fourth-order valence-electron chi connectivity index (χ4n) is 3.82. The van der Waals surface area contributed by atoms with Crippen molar-refractivity contribution in [1.29, 1.82) is 0 Å². The van der Waals surface area contributed by atoms with Crippen LogP contribution in [-0.2, 0) is 4.43 Å². The lowest BCUT2D eigenvalue weighted by Gasteiger charge is -2.39. The average Bonchev–Trinajstić information content (AvgIpc) is 2.63. The number of aryl methyl sites for hydroxylation is 3. The van der Waals surface area contributed by atoms with Crippen molar-refractivity contribution in [2.24, 2.45) is 5.41 Å². The molecule has 6 heteroatoms. The molecule has 2 rings (SSSR count). The Bertz CT molecular complexity index is 886. The molecule has 0 saturated carbocycles. The summed E-state index contributed by atoms with van der Waals surface area (Å²) in [6.07, 6.45) is 1.07. The van der Waals surface area contributed by atoms with E-state index in [9.17, 15) is 0 Å². The topological polar surface area (TPSA) is 43.4 Å². The summed E-state index contributed by atoms with van der Waals surface area (Å²) in [5, 5.41) is 4.48. The molecule has 1 heterocycles. The number of halogens is 1. The summed E-state index contributed by atoms with van der Waals surface area (Å²) >= 11 is 6.19. The molecule has 0 saturated heterocycles. The van der Waals surface area contributed by atoms with Crippen LogP contribution in [0.2, 0.25) is 18.1 Å². The lowest BCUT2D eigenvalue weighted by Crippen LogP contribution is -2.46. The maximum atomic E-state index is 6.46. The second kappa shape index (κ2) is 10.4. The molecular formula is C25H38ClN2O2Si. The highest BCUT2D eigenvalue weighted by Crippen LogP contribution is 2.36. The Hall–Kier alpha value is -1.56. The van der Waals surface area contributed by atoms with Crippen molar-refractivity contribution in [3.8, 4) is 11.6 Å². The van der Waals surface area contributed by atoms with E-state index in [0.717, 1.165) is 40.2 Å². The van der Waals surface area contributed by atoms with Gasteiger partial charge in [0.1, 0.15) is 5.75 Å². The quantitative estimate of drug-likeness (QED) is 0.410. The summed E-state index contributed by atoms with van der Waals surface area (Å²) in [4.78, 5) is 4.69. The second-order valence-electron chi connectivity index (χ2n) is 9.68. The second-order valence-corrected chi connectivity index (χ2v) is 12.2. The molecule has 2 aromatic rings. The molecule has 0 spiro atoms. The number of aromatic nitrogens is 1. The predicted molar refractivity (Wildman–Crippen MR) is 134 cm³/mol. The Kier molecular flexibility index (Phi) is 8.59. The number of anilines is 1. The van der Waals surface area contributed by atoms with Crippen LogP contribution in [0.25, 0.3) is 0 Å². The molecule has 1 radical (unpaired) electrons. The number of pyridine rings is 1. The Morgan fingerprint density at radius 1 is 1.06 bits per heavy atom. The van der Waals surface area contributed by atoms with Gasteiger partial charge in [-0.3, -0.25) is 0 Å². The molecule has 0 bridgehead atoms. The molecule has 0 aliphatic rings. The van der Waals surface area contributed by atoms with E-state index in [1.165, 1.54) is 0 Å². The van der Waals surface area contributed by atoms with E-state index >= 15 is 0 Å². The highest BCUT2D eigenvalue weighted by atomic mass is 35.5. The van der Waals surface area contributed by atoms with Gasteiger partial charge >= 0.3 is 0 Å². The number of nitrogens with one attached hydrogen (secondary N) is 1. The largest absolute Gasteiger partial charge is 0.438 e. The minimum atomic E-state index is -0.829. The lowest BCUT2D eigenvalue weighted by atomic mass is 9.83. The minimum Gasteiger partial charge on any atom is -0.438 e. The van der Waals surface area contributed by atoms with E-state index in [4.69, 9.17) is 20.8 Å². The molecule has 4 nitrogen and oxygen atoms in total. The number of ether oxygens (including phenoxy) is 1. The Morgan fingerprint density at radius 2 is 1.65 bits per heavy atom. The summed E-state index contributed by atoms with van der Waals surface area (Å²) in [6, 6.07) is 6.12. The molecule has 0 amide bonds. The van der Waals surface area contributed by atoms with Crippen molar-refractivity contribution in [3.05, 3.63) is 45.6 Å². The van der Waals surface area contributed by atoms with Crippen LogP contribution in [0.15, 0.2) is 18.2 Å². The van der Waals surface area contributed by atoms with Gasteiger partial charge in [-0.1, -0.05) is 39.3 Å². The first-order chi connectivity index (χ1) is 14.3. The molecule has 1 aromatic carbocycles. The van der Waals surface area contributed by atoms with Crippen molar-refractivity contribution < 1.29 is 9.16 Å². The third-order valence-electron chi connectivity index (χ3n) is 5.34. The molecule has 2 unspecified atom stereocenters. The lowest BCUT2D eigenvalue weighted by molar-refractivity contribution is 0.0675. The van der Waals surface area contributed by atoms with Crippen LogP contribution >= 0.6 is 11.6 Å². The molecule has 171 valence electrons. The van der Waals surface area contributed by atoms with E-state index in [1.807, 2.05) is 32.9 Å². The van der Waals surface area contributed by atoms with Gasteiger partial charge < -0.3 is 14.5 Å². The van der Waals surface area contributed by atoms with Gasteiger partial charge in [-0.15, -0.1) is 0 Å². The normalized spacial score (nSPS) is 13.9. The Balaban J connectivity index is 2.41. The van der Waals surface area contributed by atoms with Gasteiger partial charge in [-0.2, -0.15) is 0 Å². The fraction of sp³-hybridized carbons (Fsp3) is 0.560. The molecule has 0 aliphatic carbocycles. The smallest absolute Gasteiger partial charge is 0.224 e. The van der Waals surface area contributed by atoms with Crippen molar-refractivity contribution in [3.63, 3.8) is 0 Å². The number of rotatable bonds is 8. The summed E-state index contributed by atoms with van der Waals surface area (Å²) in [5.74, 6) is 1.43. The molecule has 1 aromatic heterocycles. The first-order valence-corrected chi connectivity index (χ1v) is 13.8. The summed E-state index contributed by atoms with van der Waals surface area (Å²) in [6.45, 7) is 21.4. The first kappa shape index (κ1) is 25.7. The number of benzene rings is 1. The third kappa shape index (κ3) is 6.71. The fourth-order valence-corrected chi connectivity index (χ4v) is 5.17. The molecule has 1 N–H and O–H groups in total. The van der Waals surface area contributed by atoms with Gasteiger partial charge in [0.15, 0.2) is 0 Å². The Labute approximate surface area is 195 Å². The van der Waals surface area contributed by atoms with Crippen LogP contribution in [0.5, 0.6) is 11.6 Å². The van der Waals surface area contributed by atoms with Gasteiger partial charge in [0.05, 0.1) is 12.1 Å². The van der Waals surface area contributed by atoms with Gasteiger partial charge in [-0.05, 0) is 82.0 Å². The Morgan fingerprint density at radius 3 is 2.13 bits per heavy atom. The molecular weight excluding hydrogens is 424 g/mol. The summed E-state index contributed by atoms with van der Waals surface area (Å²) in [5.41, 5.74) is 4.96. The monoisotopic (exact) mass is 461 g/mol. The zero-order chi connectivity index (χ0) is 23.5. The van der Waals surface area contributed by atoms with Gasteiger partial charge in [-0.25, -0.2) is 4.98 Å². The van der Waals surface area contributed by atoms with E-state index < -0.39 is 9.04 Å². The van der Waals surface area contributed by atoms with Crippen LogP contribution in [0.4, 0.5) is 5.69 Å². The first-order valence-electron chi connectivity index (χ1n) is 11.0. The maximum Gasteiger partial charge on any atom is 0.224 e. The summed E-state index contributed by atoms with van der Waals surface area (Å²) < 4.78 is 12.8. The third-order valence-corrected chi connectivity index (χ3v) is 6.29. The van der Waals surface area contributed by atoms with Crippen molar-refractivity contribution >= 4 is 26.3 Å². The predicted octanol–water partition coefficient (Wildman–Crippen LogP) is 7.63. The van der Waals surface area contributed by atoms with Crippen molar-refractivity contribution in [2.75, 3.05) is 5.32 Å². The van der Waals surface area contributed by atoms with E-state index in [1.54, 1.807) is 0 Å². The van der Waals surface area contributed by atoms with Gasteiger partial charge in [0, 0.05) is 22.0 Å². The van der Waals surface area contributed by atoms with Crippen LogP contribution in [0, 0.1) is 33.1 Å². The average molecular weight is 462 g/mol. The van der Waals surface area contributed by atoms with E-state index in [0.29, 0.717) is 10.9 Å². The van der Waals surface area contributed by atoms with Crippen LogP contribution < -0.4 is 10.1 Å². The standard InChI is InChI=1S/C25H38ClN2O2Si/c1-11-20(23(25(6,7)8)30-31(9)10)28-21-14-17(4)27-24(18(21)5)29-22-15(2)12-19(26)13-16(22)3/h12-14,20,23H,11H2,1-10H3,(H,27,28).